The van der Waals surface area contributed by atoms with Crippen LogP contribution in [0.5, 0.6) is 0 Å². The number of hydrogen-bond acceptors (Lipinski definition) is 2. The van der Waals surface area contributed by atoms with Gasteiger partial charge in [0.25, 0.3) is 0 Å². The van der Waals surface area contributed by atoms with E-state index in [2.05, 4.69) is 0 Å². The van der Waals surface area contributed by atoms with Crippen LogP contribution in [0.1, 0.15) is 16.7 Å². The molecule has 7 heteroatoms. The molecule has 0 saturated carbocycles. The molecule has 0 amide bonds. The number of sulfonamides is 1. The van der Waals surface area contributed by atoms with Gasteiger partial charge in [0, 0.05) is 0 Å². The Morgan fingerprint density at radius 1 is 1.00 bits per heavy atom. The zero-order chi connectivity index (χ0) is 15.7. The van der Waals surface area contributed by atoms with Crippen molar-refractivity contribution in [3.63, 3.8) is 0 Å². The number of hydrogen-bond donors (Lipinski definition) is 1. The topological polar surface area (TPSA) is 60.2 Å². The van der Waals surface area contributed by atoms with Crippen molar-refractivity contribution < 1.29 is 21.6 Å². The van der Waals surface area contributed by atoms with Crippen LogP contribution < -0.4 is 5.14 Å². The van der Waals surface area contributed by atoms with Crippen molar-refractivity contribution in [2.75, 3.05) is 0 Å². The van der Waals surface area contributed by atoms with E-state index in [0.717, 1.165) is 12.1 Å². The Kier molecular flexibility index (Phi) is 4.06. The van der Waals surface area contributed by atoms with Crippen LogP contribution in [-0.2, 0) is 22.6 Å². The van der Waals surface area contributed by atoms with Gasteiger partial charge in [0.2, 0.25) is 10.0 Å². The molecule has 0 aliphatic heterocycles. The highest BCUT2D eigenvalue weighted by molar-refractivity contribution is 7.89. The molecule has 0 unspecified atom stereocenters. The summed E-state index contributed by atoms with van der Waals surface area (Å²) in [5, 5.41) is 5.06. The minimum atomic E-state index is -4.54. The van der Waals surface area contributed by atoms with Gasteiger partial charge in [0.15, 0.2) is 0 Å². The lowest BCUT2D eigenvalue weighted by atomic mass is 10.0. The van der Waals surface area contributed by atoms with Crippen LogP contribution in [0.15, 0.2) is 53.4 Å². The summed E-state index contributed by atoms with van der Waals surface area (Å²) >= 11 is 0. The van der Waals surface area contributed by atoms with E-state index in [4.69, 9.17) is 5.14 Å². The minimum Gasteiger partial charge on any atom is -0.225 e. The highest BCUT2D eigenvalue weighted by atomic mass is 32.2. The van der Waals surface area contributed by atoms with Crippen LogP contribution in [0.4, 0.5) is 13.2 Å². The van der Waals surface area contributed by atoms with Crippen LogP contribution in [0.25, 0.3) is 0 Å². The summed E-state index contributed by atoms with van der Waals surface area (Å²) in [5.41, 5.74) is -0.180. The largest absolute Gasteiger partial charge is 0.416 e. The van der Waals surface area contributed by atoms with Crippen LogP contribution in [0.2, 0.25) is 0 Å². The SMILES string of the molecule is NS(=O)(=O)c1ccc(C(F)(F)F)cc1Cc1ccccc1. The van der Waals surface area contributed by atoms with Crippen LogP contribution in [-0.4, -0.2) is 8.42 Å². The molecule has 0 bridgehead atoms. The number of alkyl halides is 3. The molecular weight excluding hydrogens is 303 g/mol. The number of halogens is 3. The first-order chi connectivity index (χ1) is 9.68. The molecule has 0 heterocycles. The smallest absolute Gasteiger partial charge is 0.225 e. The second-order valence-corrected chi connectivity index (χ2v) is 6.06. The Morgan fingerprint density at radius 3 is 2.14 bits per heavy atom. The van der Waals surface area contributed by atoms with Crippen molar-refractivity contribution in [2.24, 2.45) is 5.14 Å². The minimum absolute atomic E-state index is 0.0264. The molecule has 0 spiro atoms. The first-order valence-corrected chi connectivity index (χ1v) is 7.49. The normalized spacial score (nSPS) is 12.4. The lowest BCUT2D eigenvalue weighted by molar-refractivity contribution is -0.137. The van der Waals surface area contributed by atoms with Crippen molar-refractivity contribution >= 4 is 10.0 Å². The quantitative estimate of drug-likeness (QED) is 0.946. The molecule has 0 aromatic heterocycles. The number of benzene rings is 2. The molecule has 21 heavy (non-hydrogen) atoms. The summed E-state index contributed by atoms with van der Waals surface area (Å²) in [6, 6.07) is 11.0. The fourth-order valence-corrected chi connectivity index (χ4v) is 2.74. The third-order valence-corrected chi connectivity index (χ3v) is 3.94. The zero-order valence-electron chi connectivity index (χ0n) is 10.8. The highest BCUT2D eigenvalue weighted by Gasteiger charge is 2.31. The van der Waals surface area contributed by atoms with E-state index in [1.54, 1.807) is 30.3 Å². The van der Waals surface area contributed by atoms with Gasteiger partial charge in [-0.2, -0.15) is 13.2 Å². The Balaban J connectivity index is 2.54. The first-order valence-electron chi connectivity index (χ1n) is 5.95. The number of nitrogens with two attached hydrogens (primary N) is 1. The molecule has 0 saturated heterocycles. The van der Waals surface area contributed by atoms with Crippen LogP contribution in [0, 0.1) is 0 Å². The molecule has 3 nitrogen and oxygen atoms in total. The average molecular weight is 315 g/mol. The summed E-state index contributed by atoms with van der Waals surface area (Å²) in [6.45, 7) is 0. The van der Waals surface area contributed by atoms with E-state index in [1.807, 2.05) is 0 Å². The van der Waals surface area contributed by atoms with Crippen LogP contribution in [0.3, 0.4) is 0 Å². The van der Waals surface area contributed by atoms with Gasteiger partial charge in [-0.25, -0.2) is 13.6 Å². The van der Waals surface area contributed by atoms with Gasteiger partial charge in [0.05, 0.1) is 10.5 Å². The highest BCUT2D eigenvalue weighted by Crippen LogP contribution is 2.32. The van der Waals surface area contributed by atoms with Gasteiger partial charge in [-0.3, -0.25) is 0 Å². The van der Waals surface area contributed by atoms with Crippen molar-refractivity contribution in [1.82, 2.24) is 0 Å². The fourth-order valence-electron chi connectivity index (χ4n) is 1.99. The van der Waals surface area contributed by atoms with Gasteiger partial charge in [-0.15, -0.1) is 0 Å². The first kappa shape index (κ1) is 15.5. The molecule has 0 radical (unpaired) electrons. The van der Waals surface area contributed by atoms with Crippen LogP contribution >= 0.6 is 0 Å². The maximum atomic E-state index is 12.8. The molecule has 2 aromatic rings. The molecule has 0 fully saturated rings. The lowest BCUT2D eigenvalue weighted by Crippen LogP contribution is -2.16. The summed E-state index contributed by atoms with van der Waals surface area (Å²) in [6.07, 6.45) is -4.49. The van der Waals surface area contributed by atoms with Crippen molar-refractivity contribution in [3.05, 3.63) is 65.2 Å². The Morgan fingerprint density at radius 2 is 1.62 bits per heavy atom. The van der Waals surface area contributed by atoms with Crippen molar-refractivity contribution in [1.29, 1.82) is 0 Å². The molecule has 112 valence electrons. The summed E-state index contributed by atoms with van der Waals surface area (Å²) in [4.78, 5) is -0.292. The molecule has 2 N–H and O–H groups in total. The predicted octanol–water partition coefficient (Wildman–Crippen LogP) is 2.94. The third-order valence-electron chi connectivity index (χ3n) is 2.93. The molecule has 0 atom stereocenters. The van der Waals surface area contributed by atoms with E-state index in [1.165, 1.54) is 0 Å². The summed E-state index contributed by atoms with van der Waals surface area (Å²) < 4.78 is 61.3. The zero-order valence-corrected chi connectivity index (χ0v) is 11.6. The van der Waals surface area contributed by atoms with E-state index < -0.39 is 21.8 Å². The van der Waals surface area contributed by atoms with Gasteiger partial charge >= 0.3 is 6.18 Å². The predicted molar refractivity (Wildman–Crippen MR) is 72.1 cm³/mol. The van der Waals surface area contributed by atoms with E-state index in [9.17, 15) is 21.6 Å². The van der Waals surface area contributed by atoms with Gasteiger partial charge in [-0.1, -0.05) is 30.3 Å². The maximum absolute atomic E-state index is 12.8. The Labute approximate surface area is 120 Å². The van der Waals surface area contributed by atoms with E-state index in [0.29, 0.717) is 11.6 Å². The second-order valence-electron chi connectivity index (χ2n) is 4.53. The number of primary sulfonamides is 1. The summed E-state index contributed by atoms with van der Waals surface area (Å²) in [7, 11) is -4.08. The molecular formula is C14H12F3NO2S. The monoisotopic (exact) mass is 315 g/mol. The second kappa shape index (κ2) is 5.50. The van der Waals surface area contributed by atoms with Crippen molar-refractivity contribution in [3.8, 4) is 0 Å². The summed E-state index contributed by atoms with van der Waals surface area (Å²) in [5.74, 6) is 0. The van der Waals surface area contributed by atoms with Gasteiger partial charge in [0.1, 0.15) is 0 Å². The fraction of sp³-hybridized carbons (Fsp3) is 0.143. The standard InChI is InChI=1S/C14H12F3NO2S/c15-14(16,17)12-6-7-13(21(18,19)20)11(9-12)8-10-4-2-1-3-5-10/h1-7,9H,8H2,(H2,18,19,20). The lowest BCUT2D eigenvalue weighted by Gasteiger charge is -2.12. The maximum Gasteiger partial charge on any atom is 0.416 e. The van der Waals surface area contributed by atoms with E-state index >= 15 is 0 Å². The molecule has 0 aliphatic carbocycles. The average Bonchev–Trinajstić information content (AvgIpc) is 2.37. The number of rotatable bonds is 3. The van der Waals surface area contributed by atoms with Gasteiger partial charge in [-0.05, 0) is 35.7 Å². The van der Waals surface area contributed by atoms with E-state index in [-0.39, 0.29) is 16.9 Å². The molecule has 0 aliphatic rings. The third kappa shape index (κ3) is 3.83. The Bertz CT molecular complexity index is 741. The molecule has 2 rings (SSSR count). The van der Waals surface area contributed by atoms with Gasteiger partial charge < -0.3 is 0 Å². The molecule has 2 aromatic carbocycles. The Hall–Kier alpha value is -1.86. The van der Waals surface area contributed by atoms with Crippen molar-refractivity contribution in [2.45, 2.75) is 17.5 Å².